The lowest BCUT2D eigenvalue weighted by atomic mass is 10.2. The Bertz CT molecular complexity index is 758. The summed E-state index contributed by atoms with van der Waals surface area (Å²) < 4.78 is 24.6. The Balaban J connectivity index is 2.07. The van der Waals surface area contributed by atoms with Crippen LogP contribution in [0.15, 0.2) is 59.5 Å². The molecule has 2 aromatic rings. The second-order valence-electron chi connectivity index (χ2n) is 4.88. The van der Waals surface area contributed by atoms with Gasteiger partial charge >= 0.3 is 6.03 Å². The number of benzene rings is 2. The Hall–Kier alpha value is -2.38. The first-order valence-corrected chi connectivity index (χ1v) is 8.53. The highest BCUT2D eigenvalue weighted by atomic mass is 32.2. The first-order chi connectivity index (χ1) is 10.9. The summed E-state index contributed by atoms with van der Waals surface area (Å²) >= 11 is 0. The van der Waals surface area contributed by atoms with E-state index in [1.54, 1.807) is 54.6 Å². The van der Waals surface area contributed by atoms with E-state index in [9.17, 15) is 13.2 Å². The predicted octanol–water partition coefficient (Wildman–Crippen LogP) is 2.69. The van der Waals surface area contributed by atoms with Crippen LogP contribution in [0.2, 0.25) is 0 Å². The average Bonchev–Trinajstić information content (AvgIpc) is 2.56. The zero-order valence-corrected chi connectivity index (χ0v) is 13.7. The fraction of sp³-hybridized carbons (Fsp3) is 0.188. The Kier molecular flexibility index (Phi) is 5.36. The van der Waals surface area contributed by atoms with Gasteiger partial charge in [0.1, 0.15) is 0 Å². The SMILES string of the molecule is CON(C)C(=O)Nc1ccc(CS(=O)(=O)c2ccccc2)cc1. The van der Waals surface area contributed by atoms with Crippen LogP contribution in [0.1, 0.15) is 5.56 Å². The summed E-state index contributed by atoms with van der Waals surface area (Å²) in [5, 5.41) is 3.68. The van der Waals surface area contributed by atoms with E-state index in [1.807, 2.05) is 0 Å². The van der Waals surface area contributed by atoms with Crippen molar-refractivity contribution in [2.45, 2.75) is 10.6 Å². The van der Waals surface area contributed by atoms with Gasteiger partial charge in [0.15, 0.2) is 9.84 Å². The quantitative estimate of drug-likeness (QED) is 0.853. The van der Waals surface area contributed by atoms with Crippen molar-refractivity contribution in [1.29, 1.82) is 0 Å². The Morgan fingerprint density at radius 1 is 1.09 bits per heavy atom. The zero-order valence-electron chi connectivity index (χ0n) is 12.9. The molecule has 0 heterocycles. The van der Waals surface area contributed by atoms with Crippen molar-refractivity contribution in [3.63, 3.8) is 0 Å². The molecule has 0 spiro atoms. The van der Waals surface area contributed by atoms with Crippen molar-refractivity contribution < 1.29 is 18.0 Å². The topological polar surface area (TPSA) is 75.7 Å². The summed E-state index contributed by atoms with van der Waals surface area (Å²) in [6, 6.07) is 14.5. The van der Waals surface area contributed by atoms with Crippen molar-refractivity contribution in [2.24, 2.45) is 0 Å². The lowest BCUT2D eigenvalue weighted by Crippen LogP contribution is -2.30. The third kappa shape index (κ3) is 4.54. The minimum atomic E-state index is -3.38. The lowest BCUT2D eigenvalue weighted by Gasteiger charge is -2.14. The third-order valence-corrected chi connectivity index (χ3v) is 4.93. The second kappa shape index (κ2) is 7.26. The highest BCUT2D eigenvalue weighted by Gasteiger charge is 2.15. The molecule has 0 aliphatic carbocycles. The van der Waals surface area contributed by atoms with Gasteiger partial charge in [-0.2, -0.15) is 0 Å². The molecule has 0 aromatic heterocycles. The molecular weight excluding hydrogens is 316 g/mol. The molecule has 7 heteroatoms. The zero-order chi connectivity index (χ0) is 16.9. The molecule has 2 rings (SSSR count). The van der Waals surface area contributed by atoms with Crippen LogP contribution in [0, 0.1) is 0 Å². The molecule has 2 aromatic carbocycles. The molecule has 0 aliphatic heterocycles. The van der Waals surface area contributed by atoms with Gasteiger partial charge in [0.05, 0.1) is 17.8 Å². The van der Waals surface area contributed by atoms with Crippen LogP contribution in [-0.4, -0.2) is 33.7 Å². The number of amides is 2. The molecule has 0 unspecified atom stereocenters. The fourth-order valence-electron chi connectivity index (χ4n) is 1.90. The van der Waals surface area contributed by atoms with E-state index < -0.39 is 15.9 Å². The number of carbonyl (C=O) groups is 1. The van der Waals surface area contributed by atoms with Gasteiger partial charge < -0.3 is 5.32 Å². The van der Waals surface area contributed by atoms with Gasteiger partial charge in [-0.3, -0.25) is 4.84 Å². The summed E-state index contributed by atoms with van der Waals surface area (Å²) in [7, 11) is -0.514. The number of nitrogens with zero attached hydrogens (tertiary/aromatic N) is 1. The molecule has 0 saturated heterocycles. The van der Waals surface area contributed by atoms with E-state index in [4.69, 9.17) is 4.84 Å². The summed E-state index contributed by atoms with van der Waals surface area (Å²) in [4.78, 5) is 16.7. The molecule has 0 aliphatic rings. The number of urea groups is 1. The highest BCUT2D eigenvalue weighted by Crippen LogP contribution is 2.18. The minimum Gasteiger partial charge on any atom is -0.306 e. The van der Waals surface area contributed by atoms with Gasteiger partial charge in [0.25, 0.3) is 0 Å². The first kappa shape index (κ1) is 17.0. The van der Waals surface area contributed by atoms with E-state index in [0.717, 1.165) is 5.06 Å². The molecule has 1 N–H and O–H groups in total. The van der Waals surface area contributed by atoms with Crippen LogP contribution in [-0.2, 0) is 20.4 Å². The maximum atomic E-state index is 12.3. The van der Waals surface area contributed by atoms with Crippen molar-refractivity contribution in [2.75, 3.05) is 19.5 Å². The van der Waals surface area contributed by atoms with Crippen molar-refractivity contribution in [1.82, 2.24) is 5.06 Å². The molecule has 6 nitrogen and oxygen atoms in total. The van der Waals surface area contributed by atoms with Crippen LogP contribution >= 0.6 is 0 Å². The van der Waals surface area contributed by atoms with E-state index in [1.165, 1.54) is 14.2 Å². The number of hydroxylamine groups is 2. The van der Waals surface area contributed by atoms with E-state index in [-0.39, 0.29) is 5.75 Å². The van der Waals surface area contributed by atoms with Crippen LogP contribution in [0.25, 0.3) is 0 Å². The largest absolute Gasteiger partial charge is 0.345 e. The number of rotatable bonds is 5. The highest BCUT2D eigenvalue weighted by molar-refractivity contribution is 7.90. The number of nitrogens with one attached hydrogen (secondary N) is 1. The molecule has 0 atom stereocenters. The molecule has 0 bridgehead atoms. The maximum absolute atomic E-state index is 12.3. The third-order valence-electron chi connectivity index (χ3n) is 3.22. The lowest BCUT2D eigenvalue weighted by molar-refractivity contribution is -0.0598. The standard InChI is InChI=1S/C16H18N2O4S/c1-18(22-2)16(19)17-14-10-8-13(9-11-14)12-23(20,21)15-6-4-3-5-7-15/h3-11H,12H2,1-2H3,(H,17,19). The molecule has 2 amide bonds. The van der Waals surface area contributed by atoms with Gasteiger partial charge in [0, 0.05) is 12.7 Å². The smallest absolute Gasteiger partial charge is 0.306 e. The maximum Gasteiger partial charge on any atom is 0.345 e. The Morgan fingerprint density at radius 3 is 2.26 bits per heavy atom. The molecule has 0 radical (unpaired) electrons. The summed E-state index contributed by atoms with van der Waals surface area (Å²) in [6.45, 7) is 0. The molecule has 122 valence electrons. The van der Waals surface area contributed by atoms with E-state index in [2.05, 4.69) is 5.32 Å². The van der Waals surface area contributed by atoms with Gasteiger partial charge in [-0.05, 0) is 29.8 Å². The average molecular weight is 334 g/mol. The number of hydrogen-bond donors (Lipinski definition) is 1. The number of carbonyl (C=O) groups excluding carboxylic acids is 1. The van der Waals surface area contributed by atoms with Crippen LogP contribution in [0.4, 0.5) is 10.5 Å². The summed E-state index contributed by atoms with van der Waals surface area (Å²) in [5.74, 6) is -0.0940. The Morgan fingerprint density at radius 2 is 1.70 bits per heavy atom. The normalized spacial score (nSPS) is 11.0. The van der Waals surface area contributed by atoms with Gasteiger partial charge in [-0.25, -0.2) is 18.3 Å². The van der Waals surface area contributed by atoms with E-state index >= 15 is 0 Å². The van der Waals surface area contributed by atoms with Crippen molar-refractivity contribution in [3.05, 3.63) is 60.2 Å². The van der Waals surface area contributed by atoms with Crippen LogP contribution in [0.3, 0.4) is 0 Å². The molecular formula is C16H18N2O4S. The van der Waals surface area contributed by atoms with Gasteiger partial charge in [-0.1, -0.05) is 30.3 Å². The fourth-order valence-corrected chi connectivity index (χ4v) is 3.27. The van der Waals surface area contributed by atoms with Crippen LogP contribution in [0.5, 0.6) is 0 Å². The number of anilines is 1. The Labute approximate surface area is 135 Å². The number of sulfone groups is 1. The molecule has 0 saturated carbocycles. The second-order valence-corrected chi connectivity index (χ2v) is 6.87. The molecule has 23 heavy (non-hydrogen) atoms. The number of hydrogen-bond acceptors (Lipinski definition) is 4. The molecule has 0 fully saturated rings. The summed E-state index contributed by atoms with van der Waals surface area (Å²) in [5.41, 5.74) is 1.20. The monoisotopic (exact) mass is 334 g/mol. The van der Waals surface area contributed by atoms with Crippen LogP contribution < -0.4 is 5.32 Å². The van der Waals surface area contributed by atoms with Crippen molar-refractivity contribution in [3.8, 4) is 0 Å². The first-order valence-electron chi connectivity index (χ1n) is 6.88. The van der Waals surface area contributed by atoms with Gasteiger partial charge in [0.2, 0.25) is 0 Å². The van der Waals surface area contributed by atoms with Gasteiger partial charge in [-0.15, -0.1) is 0 Å². The van der Waals surface area contributed by atoms with Crippen molar-refractivity contribution >= 4 is 21.6 Å². The minimum absolute atomic E-state index is 0.0940. The van der Waals surface area contributed by atoms with E-state index in [0.29, 0.717) is 16.1 Å². The predicted molar refractivity (Wildman–Crippen MR) is 87.6 cm³/mol. The summed E-state index contributed by atoms with van der Waals surface area (Å²) in [6.07, 6.45) is 0.